The molecule has 1 atom stereocenters. The van der Waals surface area contributed by atoms with Crippen molar-refractivity contribution in [2.45, 2.75) is 13.0 Å². The molecular weight excluding hydrogens is 342 g/mol. The highest BCUT2D eigenvalue weighted by Gasteiger charge is 2.14. The molecule has 0 saturated carbocycles. The van der Waals surface area contributed by atoms with Crippen LogP contribution in [0.5, 0.6) is 0 Å². The Morgan fingerprint density at radius 2 is 1.69 bits per heavy atom. The Morgan fingerprint density at radius 3 is 2.23 bits per heavy atom. The third-order valence-corrected chi connectivity index (χ3v) is 3.60. The van der Waals surface area contributed by atoms with Crippen LogP contribution in [0.25, 0.3) is 0 Å². The first-order valence-electron chi connectivity index (χ1n) is 8.25. The lowest BCUT2D eigenvalue weighted by atomic mass is 10.2. The number of hydrogen-bond donors (Lipinski definition) is 4. The van der Waals surface area contributed by atoms with Crippen LogP contribution in [-0.4, -0.2) is 78.4 Å². The maximum Gasteiger partial charge on any atom is 0.414 e. The largest absolute Gasteiger partial charge is 0.473 e. The number of aliphatic carboxylic acids is 2. The summed E-state index contributed by atoms with van der Waals surface area (Å²) in [6.07, 6.45) is 0. The molecule has 1 unspecified atom stereocenters. The SMILES string of the molecule is CC(NCCN1CCOCC1)C(=O)Nc1ccccc1.O=C(O)C(=O)O. The van der Waals surface area contributed by atoms with E-state index in [1.54, 1.807) is 0 Å². The minimum Gasteiger partial charge on any atom is -0.473 e. The summed E-state index contributed by atoms with van der Waals surface area (Å²) in [6, 6.07) is 9.32. The molecule has 1 aliphatic heterocycles. The molecule has 144 valence electrons. The normalized spacial score (nSPS) is 15.3. The molecule has 1 saturated heterocycles. The maximum absolute atomic E-state index is 12.0. The second-order valence-corrected chi connectivity index (χ2v) is 5.60. The number of hydrogen-bond acceptors (Lipinski definition) is 6. The van der Waals surface area contributed by atoms with Crippen molar-refractivity contribution in [2.75, 3.05) is 44.7 Å². The number of carboxylic acids is 2. The highest BCUT2D eigenvalue weighted by Crippen LogP contribution is 2.05. The van der Waals surface area contributed by atoms with Crippen molar-refractivity contribution < 1.29 is 29.3 Å². The number of para-hydroxylation sites is 1. The molecule has 9 nitrogen and oxygen atoms in total. The molecule has 0 aliphatic carbocycles. The first-order chi connectivity index (χ1) is 12.4. The van der Waals surface area contributed by atoms with Crippen molar-refractivity contribution in [2.24, 2.45) is 0 Å². The maximum atomic E-state index is 12.0. The predicted molar refractivity (Wildman–Crippen MR) is 95.1 cm³/mol. The van der Waals surface area contributed by atoms with Gasteiger partial charge in [-0.25, -0.2) is 9.59 Å². The second-order valence-electron chi connectivity index (χ2n) is 5.60. The van der Waals surface area contributed by atoms with Gasteiger partial charge in [-0.2, -0.15) is 0 Å². The van der Waals surface area contributed by atoms with Gasteiger partial charge in [0, 0.05) is 31.9 Å². The number of rotatable bonds is 6. The van der Waals surface area contributed by atoms with Gasteiger partial charge in [-0.1, -0.05) is 18.2 Å². The topological polar surface area (TPSA) is 128 Å². The molecule has 1 amide bonds. The standard InChI is InChI=1S/C15H23N3O2.C2H2O4/c1-13(15(19)17-14-5-3-2-4-6-14)16-7-8-18-9-11-20-12-10-18;3-1(4)2(5)6/h2-6,13,16H,7-12H2,1H3,(H,17,19);(H,3,4)(H,5,6). The summed E-state index contributed by atoms with van der Waals surface area (Å²) < 4.78 is 5.31. The molecule has 9 heteroatoms. The average Bonchev–Trinajstić information content (AvgIpc) is 2.63. The van der Waals surface area contributed by atoms with Crippen molar-refractivity contribution in [1.82, 2.24) is 10.2 Å². The predicted octanol–water partition coefficient (Wildman–Crippen LogP) is 0.0910. The zero-order chi connectivity index (χ0) is 19.4. The summed E-state index contributed by atoms with van der Waals surface area (Å²) in [6.45, 7) is 7.22. The zero-order valence-electron chi connectivity index (χ0n) is 14.7. The lowest BCUT2D eigenvalue weighted by Crippen LogP contribution is -2.44. The van der Waals surface area contributed by atoms with E-state index in [2.05, 4.69) is 15.5 Å². The van der Waals surface area contributed by atoms with E-state index >= 15 is 0 Å². The molecular formula is C17H25N3O6. The number of nitrogens with zero attached hydrogens (tertiary/aromatic N) is 1. The van der Waals surface area contributed by atoms with Gasteiger partial charge >= 0.3 is 11.9 Å². The Hall–Kier alpha value is -2.49. The van der Waals surface area contributed by atoms with Gasteiger partial charge in [-0.05, 0) is 19.1 Å². The minimum atomic E-state index is -1.82. The van der Waals surface area contributed by atoms with Crippen LogP contribution in [-0.2, 0) is 19.1 Å². The van der Waals surface area contributed by atoms with Gasteiger partial charge in [0.05, 0.1) is 19.3 Å². The molecule has 1 aliphatic rings. The van der Waals surface area contributed by atoms with Gasteiger partial charge in [0.2, 0.25) is 5.91 Å². The Balaban J connectivity index is 0.000000487. The molecule has 4 N–H and O–H groups in total. The molecule has 1 aromatic rings. The highest BCUT2D eigenvalue weighted by molar-refractivity contribution is 6.27. The summed E-state index contributed by atoms with van der Waals surface area (Å²) in [5.74, 6) is -3.65. The van der Waals surface area contributed by atoms with E-state index in [9.17, 15) is 4.79 Å². The number of carboxylic acid groups (broad SMARTS) is 2. The third-order valence-electron chi connectivity index (χ3n) is 3.60. The number of carbonyl (C=O) groups excluding carboxylic acids is 1. The van der Waals surface area contributed by atoms with Crippen LogP contribution in [0.2, 0.25) is 0 Å². The van der Waals surface area contributed by atoms with E-state index in [0.717, 1.165) is 45.1 Å². The molecule has 0 aromatic heterocycles. The van der Waals surface area contributed by atoms with Crippen LogP contribution >= 0.6 is 0 Å². The van der Waals surface area contributed by atoms with Crippen LogP contribution in [0.1, 0.15) is 6.92 Å². The Labute approximate surface area is 151 Å². The summed E-state index contributed by atoms with van der Waals surface area (Å²) in [5, 5.41) is 20.9. The van der Waals surface area contributed by atoms with E-state index in [0.29, 0.717) is 0 Å². The molecule has 0 spiro atoms. The molecule has 1 aromatic carbocycles. The lowest BCUT2D eigenvalue weighted by Gasteiger charge is -2.27. The molecule has 1 fully saturated rings. The zero-order valence-corrected chi connectivity index (χ0v) is 14.7. The first-order valence-corrected chi connectivity index (χ1v) is 8.25. The number of ether oxygens (including phenoxy) is 1. The number of morpholine rings is 1. The lowest BCUT2D eigenvalue weighted by molar-refractivity contribution is -0.159. The number of nitrogens with one attached hydrogen (secondary N) is 2. The second kappa shape index (κ2) is 12.0. The number of carbonyl (C=O) groups is 3. The Kier molecular flexibility index (Phi) is 9.91. The summed E-state index contributed by atoms with van der Waals surface area (Å²) in [7, 11) is 0. The van der Waals surface area contributed by atoms with Gasteiger partial charge in [0.1, 0.15) is 0 Å². The molecule has 0 radical (unpaired) electrons. The van der Waals surface area contributed by atoms with E-state index < -0.39 is 11.9 Å². The Bertz CT molecular complexity index is 563. The molecule has 1 heterocycles. The number of amides is 1. The van der Waals surface area contributed by atoms with Crippen LogP contribution in [0.15, 0.2) is 30.3 Å². The Morgan fingerprint density at radius 1 is 1.12 bits per heavy atom. The van der Waals surface area contributed by atoms with Crippen molar-refractivity contribution in [1.29, 1.82) is 0 Å². The third kappa shape index (κ3) is 9.11. The molecule has 26 heavy (non-hydrogen) atoms. The van der Waals surface area contributed by atoms with Gasteiger partial charge in [-0.15, -0.1) is 0 Å². The number of benzene rings is 1. The fourth-order valence-electron chi connectivity index (χ4n) is 2.13. The summed E-state index contributed by atoms with van der Waals surface area (Å²) >= 11 is 0. The van der Waals surface area contributed by atoms with E-state index in [-0.39, 0.29) is 11.9 Å². The van der Waals surface area contributed by atoms with E-state index in [1.807, 2.05) is 37.3 Å². The van der Waals surface area contributed by atoms with E-state index in [1.165, 1.54) is 0 Å². The quantitative estimate of drug-likeness (QED) is 0.521. The van der Waals surface area contributed by atoms with Gasteiger partial charge in [0.25, 0.3) is 0 Å². The van der Waals surface area contributed by atoms with Crippen LogP contribution in [0.4, 0.5) is 5.69 Å². The van der Waals surface area contributed by atoms with E-state index in [4.69, 9.17) is 24.5 Å². The fourth-order valence-corrected chi connectivity index (χ4v) is 2.13. The monoisotopic (exact) mass is 367 g/mol. The van der Waals surface area contributed by atoms with Crippen LogP contribution in [0, 0.1) is 0 Å². The van der Waals surface area contributed by atoms with Crippen molar-refractivity contribution >= 4 is 23.5 Å². The van der Waals surface area contributed by atoms with Crippen molar-refractivity contribution in [3.63, 3.8) is 0 Å². The van der Waals surface area contributed by atoms with Crippen molar-refractivity contribution in [3.05, 3.63) is 30.3 Å². The molecule has 0 bridgehead atoms. The smallest absolute Gasteiger partial charge is 0.414 e. The van der Waals surface area contributed by atoms with Crippen LogP contribution in [0.3, 0.4) is 0 Å². The summed E-state index contributed by atoms with van der Waals surface area (Å²) in [5.41, 5.74) is 0.833. The first kappa shape index (κ1) is 21.6. The minimum absolute atomic E-state index is 0.00169. The van der Waals surface area contributed by atoms with Gasteiger partial charge in [0.15, 0.2) is 0 Å². The summed E-state index contributed by atoms with van der Waals surface area (Å²) in [4.78, 5) is 32.5. The number of anilines is 1. The average molecular weight is 367 g/mol. The highest BCUT2D eigenvalue weighted by atomic mass is 16.5. The van der Waals surface area contributed by atoms with Gasteiger partial charge < -0.3 is 25.6 Å². The van der Waals surface area contributed by atoms with Crippen molar-refractivity contribution in [3.8, 4) is 0 Å². The fraction of sp³-hybridized carbons (Fsp3) is 0.471. The molecule has 2 rings (SSSR count). The van der Waals surface area contributed by atoms with Crippen LogP contribution < -0.4 is 10.6 Å². The van der Waals surface area contributed by atoms with Gasteiger partial charge in [-0.3, -0.25) is 9.69 Å².